The molecule has 0 bridgehead atoms. The summed E-state index contributed by atoms with van der Waals surface area (Å²) >= 11 is 1.71. The minimum absolute atomic E-state index is 0.0520. The Morgan fingerprint density at radius 1 is 1.53 bits per heavy atom. The van der Waals surface area contributed by atoms with Gasteiger partial charge in [0, 0.05) is 28.3 Å². The minimum Gasteiger partial charge on any atom is -0.381 e. The van der Waals surface area contributed by atoms with Crippen molar-refractivity contribution in [2.45, 2.75) is 16.1 Å². The Balaban J connectivity index is 2.05. The van der Waals surface area contributed by atoms with Crippen molar-refractivity contribution in [2.24, 2.45) is 0 Å². The van der Waals surface area contributed by atoms with Crippen LogP contribution in [0.1, 0.15) is 17.0 Å². The summed E-state index contributed by atoms with van der Waals surface area (Å²) in [5.41, 5.74) is 2.19. The molecule has 1 aromatic carbocycles. The van der Waals surface area contributed by atoms with Gasteiger partial charge in [0.05, 0.1) is 5.48 Å². The van der Waals surface area contributed by atoms with Crippen LogP contribution in [0.4, 0.5) is 0 Å². The van der Waals surface area contributed by atoms with Gasteiger partial charge in [-0.15, -0.1) is 18.3 Å². The molecule has 96 valence electrons. The van der Waals surface area contributed by atoms with Crippen LogP contribution in [0.5, 0.6) is 0 Å². The number of dihydropyridines is 1. The number of hydrogen-bond acceptors (Lipinski definition) is 2. The van der Waals surface area contributed by atoms with Gasteiger partial charge in [0.1, 0.15) is 0 Å². The number of allylic oxidation sites excluding steroid dienone is 3. The summed E-state index contributed by atoms with van der Waals surface area (Å²) < 4.78 is 31.6. The summed E-state index contributed by atoms with van der Waals surface area (Å²) in [7, 11) is 0. The van der Waals surface area contributed by atoms with Crippen molar-refractivity contribution in [3.05, 3.63) is 78.5 Å². The van der Waals surface area contributed by atoms with Gasteiger partial charge in [-0.05, 0) is 23.3 Å². The second-order valence-corrected chi connectivity index (χ2v) is 5.64. The summed E-state index contributed by atoms with van der Waals surface area (Å²) in [6.45, 7) is 7.02. The first-order valence-corrected chi connectivity index (χ1v) is 6.98. The molecule has 0 spiro atoms. The van der Waals surface area contributed by atoms with Gasteiger partial charge in [0.2, 0.25) is 0 Å². The summed E-state index contributed by atoms with van der Waals surface area (Å²) in [5, 5.41) is 2.95. The lowest BCUT2D eigenvalue weighted by atomic mass is 9.87. The SMILES string of the molecule is [2H]C1=C(C(=C)C2c3ccccc3SC2C=C)NC([2H])C([2H])=C1[2H]. The van der Waals surface area contributed by atoms with Crippen LogP contribution in [0.25, 0.3) is 0 Å². The van der Waals surface area contributed by atoms with Crippen molar-refractivity contribution >= 4 is 11.8 Å². The molecule has 0 aliphatic carbocycles. The highest BCUT2D eigenvalue weighted by Crippen LogP contribution is 2.49. The number of hydrogen-bond donors (Lipinski definition) is 1. The first kappa shape index (κ1) is 8.49. The third-order valence-electron chi connectivity index (χ3n) is 3.32. The average molecular weight is 271 g/mol. The topological polar surface area (TPSA) is 12.0 Å². The van der Waals surface area contributed by atoms with Gasteiger partial charge in [-0.2, -0.15) is 0 Å². The van der Waals surface area contributed by atoms with E-state index >= 15 is 0 Å². The van der Waals surface area contributed by atoms with Crippen LogP contribution in [-0.4, -0.2) is 11.8 Å². The van der Waals surface area contributed by atoms with E-state index in [0.717, 1.165) is 10.5 Å². The van der Waals surface area contributed by atoms with E-state index in [2.05, 4.69) is 24.5 Å². The van der Waals surface area contributed by atoms with E-state index in [0.29, 0.717) is 11.3 Å². The molecule has 1 aromatic rings. The van der Waals surface area contributed by atoms with E-state index in [-0.39, 0.29) is 29.3 Å². The molecule has 2 aliphatic rings. The van der Waals surface area contributed by atoms with Gasteiger partial charge < -0.3 is 5.32 Å². The van der Waals surface area contributed by atoms with Gasteiger partial charge in [-0.25, -0.2) is 0 Å². The van der Waals surface area contributed by atoms with E-state index in [4.69, 9.17) is 5.48 Å². The Morgan fingerprint density at radius 3 is 3.21 bits per heavy atom. The van der Waals surface area contributed by atoms with Gasteiger partial charge in [0.15, 0.2) is 0 Å². The van der Waals surface area contributed by atoms with Crippen LogP contribution in [0, 0.1) is 0 Å². The molecular weight excluding hydrogens is 250 g/mol. The number of rotatable bonds is 3. The van der Waals surface area contributed by atoms with Crippen LogP contribution < -0.4 is 5.32 Å². The Labute approximate surface area is 124 Å². The summed E-state index contributed by atoms with van der Waals surface area (Å²) in [4.78, 5) is 1.16. The first-order chi connectivity index (χ1) is 11.0. The van der Waals surface area contributed by atoms with E-state index in [1.807, 2.05) is 24.3 Å². The van der Waals surface area contributed by atoms with E-state index in [1.54, 1.807) is 11.8 Å². The smallest absolute Gasteiger partial charge is 0.0645 e. The molecule has 19 heavy (non-hydrogen) atoms. The molecule has 0 amide bonds. The van der Waals surface area contributed by atoms with Crippen molar-refractivity contribution in [1.82, 2.24) is 5.32 Å². The van der Waals surface area contributed by atoms with Crippen LogP contribution in [0.3, 0.4) is 0 Å². The number of thioether (sulfide) groups is 1. The fourth-order valence-electron chi connectivity index (χ4n) is 2.41. The predicted molar refractivity (Wildman–Crippen MR) is 83.4 cm³/mol. The molecule has 0 radical (unpaired) electrons. The van der Waals surface area contributed by atoms with Crippen molar-refractivity contribution in [3.8, 4) is 0 Å². The normalized spacial score (nSPS) is 32.7. The molecule has 0 fully saturated rings. The van der Waals surface area contributed by atoms with Crippen LogP contribution in [0.2, 0.25) is 0 Å². The molecule has 0 saturated heterocycles. The fourth-order valence-corrected chi connectivity index (χ4v) is 3.74. The Bertz CT molecular complexity index is 753. The third-order valence-corrected chi connectivity index (χ3v) is 4.69. The van der Waals surface area contributed by atoms with Crippen molar-refractivity contribution in [3.63, 3.8) is 0 Å². The summed E-state index contributed by atoms with van der Waals surface area (Å²) in [6, 6.07) is 7.59. The predicted octanol–water partition coefficient (Wildman–Crippen LogP) is 4.03. The van der Waals surface area contributed by atoms with Crippen molar-refractivity contribution in [2.75, 3.05) is 6.52 Å². The lowest BCUT2D eigenvalue weighted by Gasteiger charge is -2.23. The molecule has 2 aliphatic heterocycles. The van der Waals surface area contributed by atoms with Gasteiger partial charge in [-0.3, -0.25) is 0 Å². The molecule has 3 unspecified atom stereocenters. The lowest BCUT2D eigenvalue weighted by Crippen LogP contribution is -2.22. The molecule has 1 nitrogen and oxygen atoms in total. The van der Waals surface area contributed by atoms with Crippen LogP contribution in [0.15, 0.2) is 77.8 Å². The Kier molecular flexibility index (Phi) is 2.30. The molecule has 0 saturated carbocycles. The van der Waals surface area contributed by atoms with Crippen LogP contribution in [-0.2, 0) is 0 Å². The highest BCUT2D eigenvalue weighted by molar-refractivity contribution is 8.00. The Morgan fingerprint density at radius 2 is 2.37 bits per heavy atom. The quantitative estimate of drug-likeness (QED) is 0.833. The van der Waals surface area contributed by atoms with Crippen molar-refractivity contribution in [1.29, 1.82) is 0 Å². The third kappa shape index (κ3) is 2.17. The fraction of sp³-hybridized carbons (Fsp3) is 0.176. The standard InChI is InChI=1S/C17H17NS/c1-3-15-17(12(2)14-9-6-7-11-18-14)13-8-4-5-10-16(13)19-15/h3-10,15,17-18H,1-2,11H2/i6D,7D,9D,11D. The monoisotopic (exact) mass is 271 g/mol. The van der Waals surface area contributed by atoms with Crippen LogP contribution >= 0.6 is 11.8 Å². The molecule has 2 heterocycles. The molecule has 3 rings (SSSR count). The summed E-state index contributed by atoms with van der Waals surface area (Å²) in [6.07, 6.45) is 1.87. The maximum atomic E-state index is 8.13. The molecular formula is C17H17NS. The van der Waals surface area contributed by atoms with Crippen molar-refractivity contribution < 1.29 is 5.48 Å². The number of benzene rings is 1. The van der Waals surface area contributed by atoms with Gasteiger partial charge in [-0.1, -0.05) is 43.0 Å². The molecule has 2 heteroatoms. The molecule has 0 aromatic heterocycles. The largest absolute Gasteiger partial charge is 0.381 e. The Hall–Kier alpha value is -1.67. The van der Waals surface area contributed by atoms with E-state index < -0.39 is 6.52 Å². The lowest BCUT2D eigenvalue weighted by molar-refractivity contribution is 0.793. The zero-order valence-electron chi connectivity index (χ0n) is 14.4. The zero-order valence-corrected chi connectivity index (χ0v) is 11.3. The van der Waals surface area contributed by atoms with Gasteiger partial charge in [0.25, 0.3) is 0 Å². The second kappa shape index (κ2) is 5.14. The second-order valence-electron chi connectivity index (χ2n) is 4.42. The highest BCUT2D eigenvalue weighted by Gasteiger charge is 2.34. The van der Waals surface area contributed by atoms with Gasteiger partial charge >= 0.3 is 0 Å². The molecule has 1 N–H and O–H groups in total. The maximum absolute atomic E-state index is 8.13. The number of nitrogens with one attached hydrogen (secondary N) is 1. The van der Waals surface area contributed by atoms with E-state index in [1.165, 1.54) is 0 Å². The number of fused-ring (bicyclic) bond motifs is 1. The molecule has 3 atom stereocenters. The maximum Gasteiger partial charge on any atom is 0.0645 e. The zero-order chi connectivity index (χ0) is 16.7. The summed E-state index contributed by atoms with van der Waals surface area (Å²) in [5.74, 6) is -0.0520. The highest BCUT2D eigenvalue weighted by atomic mass is 32.2. The van der Waals surface area contributed by atoms with E-state index in [9.17, 15) is 0 Å². The minimum atomic E-state index is -1.03. The first-order valence-electron chi connectivity index (χ1n) is 8.18. The average Bonchev–Trinajstić information content (AvgIpc) is 2.94.